The molecule has 0 radical (unpaired) electrons. The molecular formula is C14H27N3O. The van der Waals surface area contributed by atoms with Gasteiger partial charge >= 0.3 is 0 Å². The third-order valence-corrected chi connectivity index (χ3v) is 4.74. The van der Waals surface area contributed by atoms with Crippen LogP contribution in [0.2, 0.25) is 0 Å². The maximum absolute atomic E-state index is 12.7. The Balaban J connectivity index is 1.94. The van der Waals surface area contributed by atoms with Crippen molar-refractivity contribution < 1.29 is 4.79 Å². The SMILES string of the molecule is CCC1(C(=O)N2CCC(N(C)C)CC2)CCCN1. The summed E-state index contributed by atoms with van der Waals surface area (Å²) in [6.07, 6.45) is 5.28. The minimum absolute atomic E-state index is 0.245. The first-order chi connectivity index (χ1) is 8.59. The van der Waals surface area contributed by atoms with Crippen molar-refractivity contribution in [1.29, 1.82) is 0 Å². The molecule has 0 aromatic rings. The fourth-order valence-corrected chi connectivity index (χ4v) is 3.33. The van der Waals surface area contributed by atoms with Crippen molar-refractivity contribution in [3.8, 4) is 0 Å². The van der Waals surface area contributed by atoms with Gasteiger partial charge in [-0.05, 0) is 52.7 Å². The fourth-order valence-electron chi connectivity index (χ4n) is 3.33. The summed E-state index contributed by atoms with van der Waals surface area (Å²) in [5.41, 5.74) is -0.245. The topological polar surface area (TPSA) is 35.6 Å². The highest BCUT2D eigenvalue weighted by atomic mass is 16.2. The molecular weight excluding hydrogens is 226 g/mol. The smallest absolute Gasteiger partial charge is 0.242 e. The molecule has 2 rings (SSSR count). The van der Waals surface area contributed by atoms with Gasteiger partial charge in [0.1, 0.15) is 0 Å². The lowest BCUT2D eigenvalue weighted by Gasteiger charge is -2.39. The Morgan fingerprint density at radius 2 is 2.06 bits per heavy atom. The molecule has 4 nitrogen and oxygen atoms in total. The predicted molar refractivity (Wildman–Crippen MR) is 73.5 cm³/mol. The third kappa shape index (κ3) is 2.54. The lowest BCUT2D eigenvalue weighted by molar-refractivity contribution is -0.139. The number of carbonyl (C=O) groups is 1. The second-order valence-corrected chi connectivity index (χ2v) is 5.95. The monoisotopic (exact) mass is 253 g/mol. The van der Waals surface area contributed by atoms with E-state index in [1.165, 1.54) is 0 Å². The summed E-state index contributed by atoms with van der Waals surface area (Å²) in [4.78, 5) is 17.0. The molecule has 2 fully saturated rings. The molecule has 1 unspecified atom stereocenters. The van der Waals surface area contributed by atoms with Crippen LogP contribution in [0.1, 0.15) is 39.0 Å². The molecule has 2 aliphatic heterocycles. The number of likely N-dealkylation sites (tertiary alicyclic amines) is 1. The summed E-state index contributed by atoms with van der Waals surface area (Å²) in [5, 5.41) is 3.45. The quantitative estimate of drug-likeness (QED) is 0.817. The van der Waals surface area contributed by atoms with Gasteiger partial charge in [-0.3, -0.25) is 4.79 Å². The standard InChI is InChI=1S/C14H27N3O/c1-4-14(8-5-9-15-14)13(18)17-10-6-12(7-11-17)16(2)3/h12,15H,4-11H2,1-3H3. The zero-order chi connectivity index (χ0) is 13.2. The summed E-state index contributed by atoms with van der Waals surface area (Å²) in [6, 6.07) is 0.642. The van der Waals surface area contributed by atoms with Crippen molar-refractivity contribution in [3.63, 3.8) is 0 Å². The van der Waals surface area contributed by atoms with Crippen LogP contribution in [0.25, 0.3) is 0 Å². The molecule has 104 valence electrons. The minimum atomic E-state index is -0.245. The molecule has 4 heteroatoms. The van der Waals surface area contributed by atoms with Crippen LogP contribution in [-0.4, -0.2) is 61.0 Å². The Morgan fingerprint density at radius 1 is 1.39 bits per heavy atom. The number of amides is 1. The molecule has 0 aromatic heterocycles. The minimum Gasteiger partial charge on any atom is -0.341 e. The van der Waals surface area contributed by atoms with E-state index in [0.29, 0.717) is 11.9 Å². The Bertz CT molecular complexity index is 289. The van der Waals surface area contributed by atoms with Crippen molar-refractivity contribution in [3.05, 3.63) is 0 Å². The molecule has 0 aliphatic carbocycles. The molecule has 18 heavy (non-hydrogen) atoms. The lowest BCUT2D eigenvalue weighted by Crippen LogP contribution is -2.57. The molecule has 2 aliphatic rings. The van der Waals surface area contributed by atoms with E-state index in [9.17, 15) is 4.79 Å². The highest BCUT2D eigenvalue weighted by molar-refractivity contribution is 5.86. The lowest BCUT2D eigenvalue weighted by atomic mass is 9.91. The van der Waals surface area contributed by atoms with E-state index in [0.717, 1.165) is 51.7 Å². The highest BCUT2D eigenvalue weighted by Gasteiger charge is 2.42. The van der Waals surface area contributed by atoms with E-state index < -0.39 is 0 Å². The number of rotatable bonds is 3. The zero-order valence-corrected chi connectivity index (χ0v) is 12.0. The first-order valence-electron chi connectivity index (χ1n) is 7.30. The summed E-state index contributed by atoms with van der Waals surface area (Å²) >= 11 is 0. The number of nitrogens with zero attached hydrogens (tertiary/aromatic N) is 2. The van der Waals surface area contributed by atoms with Crippen LogP contribution in [0, 0.1) is 0 Å². The molecule has 1 atom stereocenters. The van der Waals surface area contributed by atoms with E-state index in [4.69, 9.17) is 0 Å². The van der Waals surface area contributed by atoms with Crippen molar-refractivity contribution in [1.82, 2.24) is 15.1 Å². The van der Waals surface area contributed by atoms with E-state index in [-0.39, 0.29) is 5.54 Å². The van der Waals surface area contributed by atoms with Crippen LogP contribution in [0.3, 0.4) is 0 Å². The van der Waals surface area contributed by atoms with Crippen molar-refractivity contribution in [2.24, 2.45) is 0 Å². The van der Waals surface area contributed by atoms with Crippen molar-refractivity contribution >= 4 is 5.91 Å². The number of piperidine rings is 1. The van der Waals surface area contributed by atoms with E-state index >= 15 is 0 Å². The van der Waals surface area contributed by atoms with Gasteiger partial charge in [0.15, 0.2) is 0 Å². The Kier molecular flexibility index (Phi) is 4.28. The van der Waals surface area contributed by atoms with Crippen LogP contribution in [0.4, 0.5) is 0 Å². The van der Waals surface area contributed by atoms with Gasteiger partial charge in [0, 0.05) is 19.1 Å². The van der Waals surface area contributed by atoms with Crippen LogP contribution in [0.5, 0.6) is 0 Å². The fraction of sp³-hybridized carbons (Fsp3) is 0.929. The highest BCUT2D eigenvalue weighted by Crippen LogP contribution is 2.27. The van der Waals surface area contributed by atoms with Crippen molar-refractivity contribution in [2.45, 2.75) is 50.6 Å². The normalized spacial score (nSPS) is 30.1. The summed E-state index contributed by atoms with van der Waals surface area (Å²) in [6.45, 7) is 4.97. The summed E-state index contributed by atoms with van der Waals surface area (Å²) in [7, 11) is 4.27. The van der Waals surface area contributed by atoms with Crippen LogP contribution < -0.4 is 5.32 Å². The third-order valence-electron chi connectivity index (χ3n) is 4.74. The first kappa shape index (κ1) is 13.8. The van der Waals surface area contributed by atoms with Gasteiger partial charge in [0.25, 0.3) is 0 Å². The van der Waals surface area contributed by atoms with Gasteiger partial charge in [-0.1, -0.05) is 6.92 Å². The molecule has 2 heterocycles. The maximum atomic E-state index is 12.7. The van der Waals surface area contributed by atoms with E-state index in [1.54, 1.807) is 0 Å². The molecule has 1 amide bonds. The van der Waals surface area contributed by atoms with Gasteiger partial charge in [-0.15, -0.1) is 0 Å². The Morgan fingerprint density at radius 3 is 2.50 bits per heavy atom. The summed E-state index contributed by atoms with van der Waals surface area (Å²) < 4.78 is 0. The maximum Gasteiger partial charge on any atom is 0.242 e. The number of carbonyl (C=O) groups excluding carboxylic acids is 1. The molecule has 1 N–H and O–H groups in total. The second kappa shape index (κ2) is 5.57. The second-order valence-electron chi connectivity index (χ2n) is 5.95. The van der Waals surface area contributed by atoms with E-state index in [2.05, 4.69) is 36.1 Å². The van der Waals surface area contributed by atoms with E-state index in [1.807, 2.05) is 0 Å². The molecule has 2 saturated heterocycles. The molecule has 0 saturated carbocycles. The Labute approximate surface area is 111 Å². The van der Waals surface area contributed by atoms with Crippen LogP contribution >= 0.6 is 0 Å². The number of nitrogens with one attached hydrogen (secondary N) is 1. The van der Waals surface area contributed by atoms with Gasteiger partial charge in [0.2, 0.25) is 5.91 Å². The Hall–Kier alpha value is -0.610. The largest absolute Gasteiger partial charge is 0.341 e. The van der Waals surface area contributed by atoms with Crippen molar-refractivity contribution in [2.75, 3.05) is 33.7 Å². The van der Waals surface area contributed by atoms with Gasteiger partial charge in [0.05, 0.1) is 5.54 Å². The van der Waals surface area contributed by atoms with Crippen LogP contribution in [0.15, 0.2) is 0 Å². The summed E-state index contributed by atoms with van der Waals surface area (Å²) in [5.74, 6) is 0.347. The van der Waals surface area contributed by atoms with Crippen LogP contribution in [-0.2, 0) is 4.79 Å². The average Bonchev–Trinajstić information content (AvgIpc) is 2.88. The molecule has 0 spiro atoms. The first-order valence-corrected chi connectivity index (χ1v) is 7.30. The van der Waals surface area contributed by atoms with Gasteiger partial charge in [-0.25, -0.2) is 0 Å². The zero-order valence-electron chi connectivity index (χ0n) is 12.0. The molecule has 0 bridgehead atoms. The van der Waals surface area contributed by atoms with Gasteiger partial charge < -0.3 is 15.1 Å². The number of hydrogen-bond donors (Lipinski definition) is 1. The van der Waals surface area contributed by atoms with Gasteiger partial charge in [-0.2, -0.15) is 0 Å². The number of hydrogen-bond acceptors (Lipinski definition) is 3. The predicted octanol–water partition coefficient (Wildman–Crippen LogP) is 1.07. The molecule has 0 aromatic carbocycles. The average molecular weight is 253 g/mol.